The van der Waals surface area contributed by atoms with Gasteiger partial charge in [0.2, 0.25) is 0 Å². The second kappa shape index (κ2) is 8.57. The Bertz CT molecular complexity index is 634. The van der Waals surface area contributed by atoms with E-state index in [-0.39, 0.29) is 6.10 Å². The van der Waals surface area contributed by atoms with E-state index in [1.165, 1.54) is 57.8 Å². The molecule has 4 rings (SSSR count). The van der Waals surface area contributed by atoms with Gasteiger partial charge in [0.1, 0.15) is 0 Å². The van der Waals surface area contributed by atoms with Crippen molar-refractivity contribution < 1.29 is 5.11 Å². The Morgan fingerprint density at radius 3 is 2.47 bits per heavy atom. The van der Waals surface area contributed by atoms with E-state index in [1.54, 1.807) is 5.57 Å². The molecule has 0 aromatic heterocycles. The fourth-order valence-corrected chi connectivity index (χ4v) is 9.30. The van der Waals surface area contributed by atoms with E-state index in [1.807, 2.05) is 0 Å². The van der Waals surface area contributed by atoms with Gasteiger partial charge in [0.15, 0.2) is 0 Å². The summed E-state index contributed by atoms with van der Waals surface area (Å²) in [7, 11) is 0. The number of rotatable bonds is 6. The second-order valence-corrected chi connectivity index (χ2v) is 12.9. The van der Waals surface area contributed by atoms with Crippen molar-refractivity contribution in [1.29, 1.82) is 0 Å². The van der Waals surface area contributed by atoms with Crippen molar-refractivity contribution in [1.82, 2.24) is 0 Å². The molecule has 9 atom stereocenters. The van der Waals surface area contributed by atoms with E-state index < -0.39 is 0 Å². The summed E-state index contributed by atoms with van der Waals surface area (Å²) in [4.78, 5) is 0. The molecule has 0 unspecified atom stereocenters. The largest absolute Gasteiger partial charge is 0.393 e. The van der Waals surface area contributed by atoms with Crippen molar-refractivity contribution >= 4 is 0 Å². The minimum Gasteiger partial charge on any atom is -0.393 e. The maximum Gasteiger partial charge on any atom is 0.0577 e. The smallest absolute Gasteiger partial charge is 0.0577 e. The van der Waals surface area contributed by atoms with Crippen molar-refractivity contribution in [3.8, 4) is 0 Å². The molecule has 0 saturated heterocycles. The van der Waals surface area contributed by atoms with Crippen molar-refractivity contribution in [3.63, 3.8) is 0 Å². The highest BCUT2D eigenvalue weighted by Gasteiger charge is 2.59. The third-order valence-corrected chi connectivity index (χ3v) is 11.3. The summed E-state index contributed by atoms with van der Waals surface area (Å²) in [5.41, 5.74) is 2.59. The predicted octanol–water partition coefficient (Wildman–Crippen LogP) is 8.02. The van der Waals surface area contributed by atoms with Gasteiger partial charge in [0.25, 0.3) is 0 Å². The Kier molecular flexibility index (Phi) is 6.53. The molecule has 0 spiro atoms. The average Bonchev–Trinajstić information content (AvgIpc) is 3.06. The monoisotopic (exact) mass is 414 g/mol. The van der Waals surface area contributed by atoms with Crippen molar-refractivity contribution in [3.05, 3.63) is 11.6 Å². The van der Waals surface area contributed by atoms with Gasteiger partial charge in [0.05, 0.1) is 6.10 Å². The summed E-state index contributed by atoms with van der Waals surface area (Å²) in [5, 5.41) is 10.2. The lowest BCUT2D eigenvalue weighted by molar-refractivity contribution is -0.0575. The van der Waals surface area contributed by atoms with Gasteiger partial charge >= 0.3 is 0 Å². The molecule has 0 aromatic rings. The molecule has 30 heavy (non-hydrogen) atoms. The van der Waals surface area contributed by atoms with Gasteiger partial charge < -0.3 is 5.11 Å². The molecular weight excluding hydrogens is 364 g/mol. The highest BCUT2D eigenvalue weighted by Crippen LogP contribution is 2.67. The van der Waals surface area contributed by atoms with Gasteiger partial charge in [-0.1, -0.05) is 66.0 Å². The van der Waals surface area contributed by atoms with Gasteiger partial charge in [-0.05, 0) is 110 Å². The Hall–Kier alpha value is -0.300. The highest BCUT2D eigenvalue weighted by molar-refractivity contribution is 5.25. The fourth-order valence-electron chi connectivity index (χ4n) is 9.30. The Morgan fingerprint density at radius 2 is 1.77 bits per heavy atom. The zero-order chi connectivity index (χ0) is 21.7. The van der Waals surface area contributed by atoms with Crippen molar-refractivity contribution in [2.24, 2.45) is 52.3 Å². The molecule has 0 aromatic carbocycles. The Morgan fingerprint density at radius 1 is 1.00 bits per heavy atom. The van der Waals surface area contributed by atoms with Gasteiger partial charge in [-0.2, -0.15) is 0 Å². The predicted molar refractivity (Wildman–Crippen MR) is 128 cm³/mol. The average molecular weight is 415 g/mol. The second-order valence-electron chi connectivity index (χ2n) is 12.9. The van der Waals surface area contributed by atoms with E-state index in [2.05, 4.69) is 47.6 Å². The van der Waals surface area contributed by atoms with Crippen LogP contribution in [0.2, 0.25) is 0 Å². The van der Waals surface area contributed by atoms with Crippen LogP contribution in [-0.4, -0.2) is 11.2 Å². The normalized spacial score (nSPS) is 45.3. The first-order chi connectivity index (χ1) is 14.2. The molecule has 3 saturated carbocycles. The third kappa shape index (κ3) is 3.74. The SMILES string of the molecule is CC[C@@H](CC[C@@H](C)[C@H]1CC[C@@H]2[C@@H]3CC=C4C[C@@H](O)CC[C@]4(C)[C@@H]3CC[C@@]21C)C(C)C. The molecule has 1 nitrogen and oxygen atoms in total. The number of aliphatic hydroxyl groups excluding tert-OH is 1. The van der Waals surface area contributed by atoms with Crippen LogP contribution < -0.4 is 0 Å². The summed E-state index contributed by atoms with van der Waals surface area (Å²) in [5.74, 6) is 6.31. The molecule has 1 heteroatoms. The zero-order valence-electron chi connectivity index (χ0n) is 20.9. The van der Waals surface area contributed by atoms with Crippen LogP contribution in [0.4, 0.5) is 0 Å². The minimum absolute atomic E-state index is 0.0794. The van der Waals surface area contributed by atoms with Crippen LogP contribution in [0.3, 0.4) is 0 Å². The summed E-state index contributed by atoms with van der Waals surface area (Å²) >= 11 is 0. The van der Waals surface area contributed by atoms with Gasteiger partial charge in [-0.25, -0.2) is 0 Å². The molecule has 0 aliphatic heterocycles. The van der Waals surface area contributed by atoms with Gasteiger partial charge in [0, 0.05) is 0 Å². The standard InChI is InChI=1S/C29H50O/c1-7-21(19(2)3)9-8-20(4)25-12-13-26-24-11-10-22-18-23(30)14-16-28(22,5)27(24)15-17-29(25,26)6/h10,19-21,23-27,30H,7-9,11-18H2,1-6H3/t20-,21+,23+,24+,25-,26-,27-,28+,29-/m1/s1. The number of hydrogen-bond donors (Lipinski definition) is 1. The number of hydrogen-bond acceptors (Lipinski definition) is 1. The molecular formula is C29H50O. The van der Waals surface area contributed by atoms with Crippen LogP contribution in [-0.2, 0) is 0 Å². The van der Waals surface area contributed by atoms with E-state index in [0.29, 0.717) is 10.8 Å². The van der Waals surface area contributed by atoms with Crippen LogP contribution in [0.5, 0.6) is 0 Å². The molecule has 0 amide bonds. The Balaban J connectivity index is 1.47. The first-order valence-electron chi connectivity index (χ1n) is 13.6. The third-order valence-electron chi connectivity index (χ3n) is 11.3. The van der Waals surface area contributed by atoms with E-state index in [4.69, 9.17) is 0 Å². The maximum atomic E-state index is 10.2. The lowest BCUT2D eigenvalue weighted by Crippen LogP contribution is -2.50. The molecule has 3 fully saturated rings. The van der Waals surface area contributed by atoms with Crippen LogP contribution >= 0.6 is 0 Å². The quantitative estimate of drug-likeness (QED) is 0.436. The van der Waals surface area contributed by atoms with Gasteiger partial charge in [-0.3, -0.25) is 0 Å². The first-order valence-corrected chi connectivity index (χ1v) is 13.6. The highest BCUT2D eigenvalue weighted by atomic mass is 16.3. The van der Waals surface area contributed by atoms with Crippen LogP contribution in [0, 0.1) is 52.3 Å². The van der Waals surface area contributed by atoms with Crippen LogP contribution in [0.15, 0.2) is 11.6 Å². The summed E-state index contributed by atoms with van der Waals surface area (Å²) in [6.07, 6.45) is 17.1. The summed E-state index contributed by atoms with van der Waals surface area (Å²) < 4.78 is 0. The van der Waals surface area contributed by atoms with Crippen LogP contribution in [0.1, 0.15) is 112 Å². The lowest BCUT2D eigenvalue weighted by atomic mass is 9.47. The molecule has 1 N–H and O–H groups in total. The van der Waals surface area contributed by atoms with E-state index in [9.17, 15) is 5.11 Å². The van der Waals surface area contributed by atoms with Crippen molar-refractivity contribution in [2.45, 2.75) is 118 Å². The molecule has 172 valence electrons. The van der Waals surface area contributed by atoms with Gasteiger partial charge in [-0.15, -0.1) is 0 Å². The van der Waals surface area contributed by atoms with E-state index in [0.717, 1.165) is 54.3 Å². The zero-order valence-corrected chi connectivity index (χ0v) is 20.9. The fraction of sp³-hybridized carbons (Fsp3) is 0.931. The summed E-state index contributed by atoms with van der Waals surface area (Å²) in [6, 6.07) is 0. The first kappa shape index (κ1) is 22.9. The summed E-state index contributed by atoms with van der Waals surface area (Å²) in [6.45, 7) is 15.1. The topological polar surface area (TPSA) is 20.2 Å². The molecule has 0 bridgehead atoms. The Labute approximate surface area is 187 Å². The number of aliphatic hydroxyl groups is 1. The molecule has 0 radical (unpaired) electrons. The van der Waals surface area contributed by atoms with Crippen molar-refractivity contribution in [2.75, 3.05) is 0 Å². The lowest BCUT2D eigenvalue weighted by Gasteiger charge is -2.58. The molecule has 0 heterocycles. The molecule has 4 aliphatic carbocycles. The maximum absolute atomic E-state index is 10.2. The van der Waals surface area contributed by atoms with E-state index >= 15 is 0 Å². The molecule has 4 aliphatic rings. The minimum atomic E-state index is -0.0794. The number of allylic oxidation sites excluding steroid dienone is 1. The van der Waals surface area contributed by atoms with Crippen LogP contribution in [0.25, 0.3) is 0 Å². The number of fused-ring (bicyclic) bond motifs is 5.